The van der Waals surface area contributed by atoms with Crippen LogP contribution in [0.25, 0.3) is 21.1 Å². The smallest absolute Gasteiger partial charge is 0.124 e. The Morgan fingerprint density at radius 2 is 1.90 bits per heavy atom. The first-order valence-corrected chi connectivity index (χ1v) is 12.3. The molecule has 0 amide bonds. The molecule has 0 spiro atoms. The van der Waals surface area contributed by atoms with Gasteiger partial charge in [0.25, 0.3) is 0 Å². The molecule has 30 heavy (non-hydrogen) atoms. The first kappa shape index (κ1) is 21.3. The van der Waals surface area contributed by atoms with E-state index in [1.54, 1.807) is 30.2 Å². The van der Waals surface area contributed by atoms with Gasteiger partial charge >= 0.3 is 0 Å². The van der Waals surface area contributed by atoms with Crippen LogP contribution in [0.1, 0.15) is 31.4 Å². The zero-order valence-corrected chi connectivity index (χ0v) is 19.3. The van der Waals surface area contributed by atoms with Crippen molar-refractivity contribution in [3.05, 3.63) is 42.1 Å². The van der Waals surface area contributed by atoms with Crippen LogP contribution in [0, 0.1) is 6.92 Å². The molecule has 1 aliphatic rings. The number of likely N-dealkylation sites (tertiary alicyclic amines) is 1. The summed E-state index contributed by atoms with van der Waals surface area (Å²) in [5.74, 6) is 1.90. The van der Waals surface area contributed by atoms with Gasteiger partial charge in [-0.25, -0.2) is 4.98 Å². The Balaban J connectivity index is 1.39. The van der Waals surface area contributed by atoms with E-state index < -0.39 is 0 Å². The maximum Gasteiger partial charge on any atom is 0.124 e. The van der Waals surface area contributed by atoms with Crippen LogP contribution in [-0.2, 0) is 0 Å². The molecule has 1 fully saturated rings. The molecule has 2 aromatic heterocycles. The molecule has 0 N–H and O–H groups in total. The van der Waals surface area contributed by atoms with Crippen LogP contribution in [0.2, 0.25) is 0 Å². The van der Waals surface area contributed by atoms with Crippen LogP contribution < -0.4 is 4.74 Å². The van der Waals surface area contributed by atoms with Crippen LogP contribution in [0.4, 0.5) is 0 Å². The van der Waals surface area contributed by atoms with Crippen LogP contribution >= 0.6 is 23.1 Å². The van der Waals surface area contributed by atoms with Crippen molar-refractivity contribution < 1.29 is 4.74 Å². The van der Waals surface area contributed by atoms with Crippen molar-refractivity contribution in [1.82, 2.24) is 20.1 Å². The predicted molar refractivity (Wildman–Crippen MR) is 125 cm³/mol. The Labute approximate surface area is 186 Å². The van der Waals surface area contributed by atoms with Crippen LogP contribution in [0.3, 0.4) is 0 Å². The third-order valence-electron chi connectivity index (χ3n) is 5.34. The zero-order chi connectivity index (χ0) is 20.8. The number of benzene rings is 1. The van der Waals surface area contributed by atoms with Crippen molar-refractivity contribution >= 4 is 23.1 Å². The third-order valence-corrected chi connectivity index (χ3v) is 7.47. The van der Waals surface area contributed by atoms with E-state index in [4.69, 9.17) is 9.72 Å². The zero-order valence-electron chi connectivity index (χ0n) is 17.6. The molecule has 7 heteroatoms. The number of hydrogen-bond donors (Lipinski definition) is 0. The average Bonchev–Trinajstić information content (AvgIpc) is 2.99. The SMILES string of the molecule is COc1cccc(-c2nc(C)c(-c3ccc(SCCN4CCCCCC4)nn3)s2)c1. The maximum absolute atomic E-state index is 5.34. The van der Waals surface area contributed by atoms with E-state index in [0.29, 0.717) is 0 Å². The lowest BCUT2D eigenvalue weighted by Crippen LogP contribution is -2.27. The van der Waals surface area contributed by atoms with E-state index in [0.717, 1.165) is 49.9 Å². The second-order valence-corrected chi connectivity index (χ2v) is 9.64. The van der Waals surface area contributed by atoms with Crippen molar-refractivity contribution in [2.75, 3.05) is 32.5 Å². The molecule has 5 nitrogen and oxygen atoms in total. The normalized spacial score (nSPS) is 15.1. The fourth-order valence-electron chi connectivity index (χ4n) is 3.67. The fraction of sp³-hybridized carbons (Fsp3) is 0.435. The fourth-order valence-corrected chi connectivity index (χ4v) is 5.52. The summed E-state index contributed by atoms with van der Waals surface area (Å²) in [6, 6.07) is 12.1. The van der Waals surface area contributed by atoms with Gasteiger partial charge in [-0.2, -0.15) is 0 Å². The number of thiazole rings is 1. The summed E-state index contributed by atoms with van der Waals surface area (Å²) < 4.78 is 5.34. The Bertz CT molecular complexity index is 950. The highest BCUT2D eigenvalue weighted by atomic mass is 32.2. The molecule has 0 bridgehead atoms. The topological polar surface area (TPSA) is 51.1 Å². The summed E-state index contributed by atoms with van der Waals surface area (Å²) in [7, 11) is 1.68. The number of thioether (sulfide) groups is 1. The number of methoxy groups -OCH3 is 1. The van der Waals surface area contributed by atoms with Gasteiger partial charge in [-0.15, -0.1) is 33.3 Å². The number of ether oxygens (including phenoxy) is 1. The van der Waals surface area contributed by atoms with Gasteiger partial charge in [-0.05, 0) is 57.1 Å². The van der Waals surface area contributed by atoms with E-state index in [2.05, 4.69) is 33.3 Å². The second kappa shape index (κ2) is 10.4. The molecule has 1 aromatic carbocycles. The summed E-state index contributed by atoms with van der Waals surface area (Å²) in [6.45, 7) is 5.64. The molecule has 0 aliphatic carbocycles. The number of aromatic nitrogens is 3. The maximum atomic E-state index is 5.34. The second-order valence-electron chi connectivity index (χ2n) is 7.53. The summed E-state index contributed by atoms with van der Waals surface area (Å²) in [5.41, 5.74) is 2.92. The van der Waals surface area contributed by atoms with E-state index in [9.17, 15) is 0 Å². The van der Waals surface area contributed by atoms with Crippen molar-refractivity contribution in [3.8, 4) is 26.9 Å². The van der Waals surface area contributed by atoms with Crippen molar-refractivity contribution in [2.45, 2.75) is 37.6 Å². The van der Waals surface area contributed by atoms with E-state index in [1.165, 1.54) is 38.8 Å². The van der Waals surface area contributed by atoms with Gasteiger partial charge < -0.3 is 9.64 Å². The minimum absolute atomic E-state index is 0.836. The molecule has 3 heterocycles. The lowest BCUT2D eigenvalue weighted by Gasteiger charge is -2.18. The lowest BCUT2D eigenvalue weighted by molar-refractivity contribution is 0.303. The van der Waals surface area contributed by atoms with Gasteiger partial charge in [0.1, 0.15) is 21.5 Å². The summed E-state index contributed by atoms with van der Waals surface area (Å²) >= 11 is 3.44. The predicted octanol–water partition coefficient (Wildman–Crippen LogP) is 5.55. The molecule has 0 unspecified atom stereocenters. The molecule has 1 aliphatic heterocycles. The molecule has 1 saturated heterocycles. The largest absolute Gasteiger partial charge is 0.497 e. The van der Waals surface area contributed by atoms with Gasteiger partial charge in [-0.1, -0.05) is 25.0 Å². The molecule has 4 rings (SSSR count). The van der Waals surface area contributed by atoms with Crippen molar-refractivity contribution in [2.24, 2.45) is 0 Å². The van der Waals surface area contributed by atoms with Gasteiger partial charge in [-0.3, -0.25) is 0 Å². The highest BCUT2D eigenvalue weighted by Gasteiger charge is 2.14. The third kappa shape index (κ3) is 5.39. The van der Waals surface area contributed by atoms with E-state index >= 15 is 0 Å². The number of aryl methyl sites for hydroxylation is 1. The standard InChI is InChI=1S/C23H28N4OS2/c1-17-22(30-23(24-17)18-8-7-9-19(16-18)28-2)20-10-11-21(26-25-20)29-15-14-27-12-5-3-4-6-13-27/h7-11,16H,3-6,12-15H2,1-2H3. The highest BCUT2D eigenvalue weighted by molar-refractivity contribution is 7.99. The quantitative estimate of drug-likeness (QED) is 0.449. The molecule has 158 valence electrons. The monoisotopic (exact) mass is 440 g/mol. The van der Waals surface area contributed by atoms with Crippen molar-refractivity contribution in [3.63, 3.8) is 0 Å². The van der Waals surface area contributed by atoms with Gasteiger partial charge in [0, 0.05) is 17.9 Å². The van der Waals surface area contributed by atoms with Gasteiger partial charge in [0.2, 0.25) is 0 Å². The highest BCUT2D eigenvalue weighted by Crippen LogP contribution is 2.35. The number of hydrogen-bond acceptors (Lipinski definition) is 7. The first-order chi connectivity index (χ1) is 14.7. The number of rotatable bonds is 7. The first-order valence-electron chi connectivity index (χ1n) is 10.5. The Morgan fingerprint density at radius 1 is 1.07 bits per heavy atom. The Hall–Kier alpha value is -1.96. The van der Waals surface area contributed by atoms with Crippen LogP contribution in [-0.4, -0.2) is 52.6 Å². The average molecular weight is 441 g/mol. The van der Waals surface area contributed by atoms with Gasteiger partial charge in [0.05, 0.1) is 17.7 Å². The van der Waals surface area contributed by atoms with E-state index in [1.807, 2.05) is 25.1 Å². The van der Waals surface area contributed by atoms with Crippen LogP contribution in [0.5, 0.6) is 5.75 Å². The summed E-state index contributed by atoms with van der Waals surface area (Å²) in [6.07, 6.45) is 5.44. The molecule has 0 atom stereocenters. The molecular formula is C23H28N4OS2. The molecule has 0 radical (unpaired) electrons. The van der Waals surface area contributed by atoms with Gasteiger partial charge in [0.15, 0.2) is 0 Å². The molecule has 0 saturated carbocycles. The van der Waals surface area contributed by atoms with Crippen molar-refractivity contribution in [1.29, 1.82) is 0 Å². The summed E-state index contributed by atoms with van der Waals surface area (Å²) in [5, 5.41) is 10.9. The molecular weight excluding hydrogens is 412 g/mol. The van der Waals surface area contributed by atoms with E-state index in [-0.39, 0.29) is 0 Å². The number of nitrogens with zero attached hydrogens (tertiary/aromatic N) is 4. The minimum atomic E-state index is 0.836. The Morgan fingerprint density at radius 3 is 2.63 bits per heavy atom. The van der Waals surface area contributed by atoms with Crippen LogP contribution in [0.15, 0.2) is 41.4 Å². The lowest BCUT2D eigenvalue weighted by atomic mass is 10.2. The summed E-state index contributed by atoms with van der Waals surface area (Å²) in [4.78, 5) is 8.41. The Kier molecular flexibility index (Phi) is 7.36. The molecule has 3 aromatic rings. The minimum Gasteiger partial charge on any atom is -0.497 e.